The number of hydrogen-bond acceptors (Lipinski definition) is 5. The highest BCUT2D eigenvalue weighted by molar-refractivity contribution is 7.17. The number of carbonyl (C=O) groups excluding carboxylic acids is 2. The van der Waals surface area contributed by atoms with Crippen LogP contribution in [0.25, 0.3) is 11.1 Å². The molecule has 7 heteroatoms. The summed E-state index contributed by atoms with van der Waals surface area (Å²) in [4.78, 5) is 38.6. The van der Waals surface area contributed by atoms with Crippen molar-refractivity contribution < 1.29 is 24.2 Å². The first-order valence-electron chi connectivity index (χ1n) is 10.2. The van der Waals surface area contributed by atoms with Crippen LogP contribution in [0.5, 0.6) is 0 Å². The second-order valence-corrected chi connectivity index (χ2v) is 9.60. The lowest BCUT2D eigenvalue weighted by atomic mass is 9.82. The fraction of sp³-hybridized carbons (Fsp3) is 0.375. The summed E-state index contributed by atoms with van der Waals surface area (Å²) in [6.45, 7) is 5.90. The predicted octanol–water partition coefficient (Wildman–Crippen LogP) is 4.59. The van der Waals surface area contributed by atoms with Gasteiger partial charge in [0.25, 0.3) is 0 Å². The van der Waals surface area contributed by atoms with Crippen molar-refractivity contribution in [3.8, 4) is 11.1 Å². The van der Waals surface area contributed by atoms with Crippen molar-refractivity contribution in [3.05, 3.63) is 51.9 Å². The maximum atomic E-state index is 13.2. The highest BCUT2D eigenvalue weighted by atomic mass is 32.1. The first-order valence-corrected chi connectivity index (χ1v) is 11.1. The Labute approximate surface area is 184 Å². The van der Waals surface area contributed by atoms with Gasteiger partial charge in [0.2, 0.25) is 5.91 Å². The molecule has 0 spiro atoms. The summed E-state index contributed by atoms with van der Waals surface area (Å²) < 4.78 is 5.04. The van der Waals surface area contributed by atoms with E-state index < -0.39 is 23.8 Å². The Morgan fingerprint density at radius 1 is 1.10 bits per heavy atom. The molecule has 2 aliphatic carbocycles. The normalized spacial score (nSPS) is 23.7. The minimum atomic E-state index is -0.955. The summed E-state index contributed by atoms with van der Waals surface area (Å²) in [6, 6.07) is 6.00. The molecular formula is C24H25NO5S. The van der Waals surface area contributed by atoms with Crippen molar-refractivity contribution in [1.82, 2.24) is 0 Å². The number of aryl methyl sites for hydroxylation is 3. The molecule has 2 aromatic rings. The lowest BCUT2D eigenvalue weighted by Gasteiger charge is -2.23. The molecule has 162 valence electrons. The van der Waals surface area contributed by atoms with Gasteiger partial charge in [0, 0.05) is 10.4 Å². The van der Waals surface area contributed by atoms with Crippen LogP contribution in [-0.4, -0.2) is 30.1 Å². The van der Waals surface area contributed by atoms with Crippen LogP contribution in [0.2, 0.25) is 0 Å². The van der Waals surface area contributed by atoms with Gasteiger partial charge in [-0.05, 0) is 50.2 Å². The van der Waals surface area contributed by atoms with E-state index in [-0.39, 0.29) is 17.7 Å². The standard InChI is InChI=1S/C24H25NO5S/c1-11-5-8-16(12(2)9-11)17-13(3)31-22(20(17)24(29)30-4)25-21(26)18-14-6-7-15(10-14)19(18)23(27)28/h5-9,14-15,18-19H,10H2,1-4H3,(H,25,26)(H,27,28)/t14-,15+,18-,19+/m1/s1. The van der Waals surface area contributed by atoms with Gasteiger partial charge in [0.05, 0.1) is 18.9 Å². The van der Waals surface area contributed by atoms with E-state index in [1.165, 1.54) is 18.4 Å². The number of carboxylic acid groups (broad SMARTS) is 1. The number of allylic oxidation sites excluding steroid dienone is 2. The Morgan fingerprint density at radius 3 is 2.39 bits per heavy atom. The highest BCUT2D eigenvalue weighted by Crippen LogP contribution is 2.49. The van der Waals surface area contributed by atoms with E-state index in [0.29, 0.717) is 17.0 Å². The molecule has 1 aromatic carbocycles. The van der Waals surface area contributed by atoms with Crippen LogP contribution in [0.4, 0.5) is 5.00 Å². The third-order valence-corrected chi connectivity index (χ3v) is 7.43. The smallest absolute Gasteiger partial charge is 0.341 e. The fourth-order valence-electron chi connectivity index (χ4n) is 5.06. The number of amides is 1. The summed E-state index contributed by atoms with van der Waals surface area (Å²) in [5.41, 5.74) is 4.11. The number of anilines is 1. The molecule has 4 rings (SSSR count). The lowest BCUT2D eigenvalue weighted by molar-refractivity contribution is -0.146. The quantitative estimate of drug-likeness (QED) is 0.525. The van der Waals surface area contributed by atoms with E-state index in [1.807, 2.05) is 51.1 Å². The molecule has 2 bridgehead atoms. The number of carbonyl (C=O) groups is 3. The molecule has 6 nitrogen and oxygen atoms in total. The SMILES string of the molecule is COC(=O)c1c(NC(=O)[C@H]2[C@@H](C(=O)O)[C@H]3C=C[C@@H]2C3)sc(C)c1-c1ccc(C)cc1C. The van der Waals surface area contributed by atoms with Gasteiger partial charge < -0.3 is 15.2 Å². The minimum absolute atomic E-state index is 0.0902. The second-order valence-electron chi connectivity index (χ2n) is 8.37. The monoisotopic (exact) mass is 439 g/mol. The molecule has 4 atom stereocenters. The molecule has 1 saturated carbocycles. The van der Waals surface area contributed by atoms with Crippen molar-refractivity contribution in [2.24, 2.45) is 23.7 Å². The molecule has 31 heavy (non-hydrogen) atoms. The number of methoxy groups -OCH3 is 1. The zero-order valence-electron chi connectivity index (χ0n) is 17.9. The van der Waals surface area contributed by atoms with E-state index >= 15 is 0 Å². The van der Waals surface area contributed by atoms with E-state index in [9.17, 15) is 19.5 Å². The Kier molecular flexibility index (Phi) is 5.47. The molecule has 2 N–H and O–H groups in total. The maximum absolute atomic E-state index is 13.2. The number of hydrogen-bond donors (Lipinski definition) is 2. The van der Waals surface area contributed by atoms with Crippen LogP contribution in [0.1, 0.15) is 32.8 Å². The van der Waals surface area contributed by atoms with Crippen LogP contribution in [0, 0.1) is 44.4 Å². The minimum Gasteiger partial charge on any atom is -0.481 e. The van der Waals surface area contributed by atoms with Crippen LogP contribution in [0.3, 0.4) is 0 Å². The van der Waals surface area contributed by atoms with Crippen molar-refractivity contribution in [2.45, 2.75) is 27.2 Å². The molecule has 1 aromatic heterocycles. The number of thiophene rings is 1. The van der Waals surface area contributed by atoms with Crippen LogP contribution in [0.15, 0.2) is 30.4 Å². The van der Waals surface area contributed by atoms with E-state index in [4.69, 9.17) is 4.74 Å². The Balaban J connectivity index is 1.74. The average molecular weight is 440 g/mol. The maximum Gasteiger partial charge on any atom is 0.341 e. The van der Waals surface area contributed by atoms with Gasteiger partial charge in [0.1, 0.15) is 10.6 Å². The number of nitrogens with one attached hydrogen (secondary N) is 1. The van der Waals surface area contributed by atoms with Crippen molar-refractivity contribution in [2.75, 3.05) is 12.4 Å². The number of aliphatic carboxylic acids is 1. The Morgan fingerprint density at radius 2 is 1.77 bits per heavy atom. The molecule has 2 aliphatic rings. The van der Waals surface area contributed by atoms with E-state index in [2.05, 4.69) is 5.32 Å². The van der Waals surface area contributed by atoms with Crippen LogP contribution < -0.4 is 5.32 Å². The van der Waals surface area contributed by atoms with Gasteiger partial charge in [0.15, 0.2) is 0 Å². The van der Waals surface area contributed by atoms with Crippen molar-refractivity contribution in [1.29, 1.82) is 0 Å². The van der Waals surface area contributed by atoms with Gasteiger partial charge in [-0.3, -0.25) is 9.59 Å². The number of fused-ring (bicyclic) bond motifs is 2. The molecule has 1 fully saturated rings. The topological polar surface area (TPSA) is 92.7 Å². The van der Waals surface area contributed by atoms with Gasteiger partial charge in [-0.15, -0.1) is 11.3 Å². The molecular weight excluding hydrogens is 414 g/mol. The summed E-state index contributed by atoms with van der Waals surface area (Å²) in [6.07, 6.45) is 4.52. The zero-order valence-corrected chi connectivity index (χ0v) is 18.7. The first-order chi connectivity index (χ1) is 14.7. The van der Waals surface area contributed by atoms with Gasteiger partial charge in [-0.2, -0.15) is 0 Å². The summed E-state index contributed by atoms with van der Waals surface area (Å²) in [5, 5.41) is 12.9. The van der Waals surface area contributed by atoms with Gasteiger partial charge in [-0.25, -0.2) is 4.79 Å². The molecule has 0 aliphatic heterocycles. The molecule has 0 radical (unpaired) electrons. The molecule has 1 heterocycles. The number of benzene rings is 1. The highest BCUT2D eigenvalue weighted by Gasteiger charge is 2.51. The largest absolute Gasteiger partial charge is 0.481 e. The summed E-state index contributed by atoms with van der Waals surface area (Å²) in [5.74, 6) is -3.44. The third-order valence-electron chi connectivity index (χ3n) is 6.41. The number of ether oxygens (including phenoxy) is 1. The van der Waals surface area contributed by atoms with Crippen molar-refractivity contribution >= 4 is 34.2 Å². The Bertz CT molecular complexity index is 1120. The summed E-state index contributed by atoms with van der Waals surface area (Å²) >= 11 is 1.31. The van der Waals surface area contributed by atoms with Crippen molar-refractivity contribution in [3.63, 3.8) is 0 Å². The lowest BCUT2D eigenvalue weighted by Crippen LogP contribution is -2.36. The predicted molar refractivity (Wildman–Crippen MR) is 119 cm³/mol. The average Bonchev–Trinajstić information content (AvgIpc) is 3.40. The third kappa shape index (κ3) is 3.57. The number of rotatable bonds is 5. The summed E-state index contributed by atoms with van der Waals surface area (Å²) in [7, 11) is 1.31. The number of esters is 1. The molecule has 1 amide bonds. The van der Waals surface area contributed by atoms with Gasteiger partial charge >= 0.3 is 11.9 Å². The molecule has 0 unspecified atom stereocenters. The second kappa shape index (κ2) is 7.96. The number of carboxylic acids is 1. The molecule has 0 saturated heterocycles. The van der Waals surface area contributed by atoms with Crippen LogP contribution >= 0.6 is 11.3 Å². The first kappa shape index (κ1) is 21.3. The van der Waals surface area contributed by atoms with E-state index in [0.717, 1.165) is 27.1 Å². The zero-order chi connectivity index (χ0) is 22.4. The Hall–Kier alpha value is -2.93. The fourth-order valence-corrected chi connectivity index (χ4v) is 6.12. The van der Waals surface area contributed by atoms with Crippen LogP contribution in [-0.2, 0) is 14.3 Å². The van der Waals surface area contributed by atoms with E-state index in [1.54, 1.807) is 0 Å². The van der Waals surface area contributed by atoms with Gasteiger partial charge in [-0.1, -0.05) is 35.9 Å².